The van der Waals surface area contributed by atoms with E-state index in [0.717, 1.165) is 36.9 Å². The van der Waals surface area contributed by atoms with Gasteiger partial charge in [-0.05, 0) is 37.9 Å². The van der Waals surface area contributed by atoms with Crippen molar-refractivity contribution in [1.29, 1.82) is 0 Å². The molecule has 1 saturated carbocycles. The lowest BCUT2D eigenvalue weighted by atomic mass is 10.2. The van der Waals surface area contributed by atoms with E-state index in [0.29, 0.717) is 6.54 Å². The third-order valence-corrected chi connectivity index (χ3v) is 3.75. The number of nitrogens with zero attached hydrogens (tertiary/aromatic N) is 1. The van der Waals surface area contributed by atoms with E-state index >= 15 is 0 Å². The number of benzene rings is 1. The minimum Gasteiger partial charge on any atom is -0.325 e. The van der Waals surface area contributed by atoms with Gasteiger partial charge in [0.1, 0.15) is 0 Å². The Bertz CT molecular complexity index is 443. The minimum absolute atomic E-state index is 0.0220. The summed E-state index contributed by atoms with van der Waals surface area (Å²) in [5.41, 5.74) is 1.99. The third kappa shape index (κ3) is 4.62. The Morgan fingerprint density at radius 2 is 2.10 bits per heavy atom. The zero-order valence-corrected chi connectivity index (χ0v) is 12.5. The lowest BCUT2D eigenvalue weighted by molar-refractivity contribution is -0.115. The molecule has 0 bridgehead atoms. The van der Waals surface area contributed by atoms with Gasteiger partial charge in [-0.2, -0.15) is 0 Å². The van der Waals surface area contributed by atoms with E-state index in [9.17, 15) is 4.79 Å². The van der Waals surface area contributed by atoms with E-state index in [1.807, 2.05) is 31.2 Å². The fourth-order valence-corrected chi connectivity index (χ4v) is 2.37. The molecule has 0 saturated heterocycles. The number of hydrogen-bond donors (Lipinski definition) is 2. The molecular weight excluding hydrogens is 250 g/mol. The lowest BCUT2D eigenvalue weighted by Crippen LogP contribution is -2.36. The van der Waals surface area contributed by atoms with Gasteiger partial charge in [0.2, 0.25) is 5.91 Å². The summed E-state index contributed by atoms with van der Waals surface area (Å²) in [6.07, 6.45) is 2.67. The van der Waals surface area contributed by atoms with Gasteiger partial charge in [-0.1, -0.05) is 25.1 Å². The van der Waals surface area contributed by atoms with Gasteiger partial charge in [0.15, 0.2) is 0 Å². The van der Waals surface area contributed by atoms with Crippen LogP contribution in [0.15, 0.2) is 24.3 Å². The second-order valence-corrected chi connectivity index (χ2v) is 5.40. The molecule has 0 heterocycles. The average Bonchev–Trinajstić information content (AvgIpc) is 3.26. The number of rotatable bonds is 8. The molecule has 1 fully saturated rings. The second-order valence-electron chi connectivity index (χ2n) is 5.40. The molecule has 1 aliphatic rings. The van der Waals surface area contributed by atoms with Crippen LogP contribution in [0.5, 0.6) is 0 Å². The number of carbonyl (C=O) groups is 1. The summed E-state index contributed by atoms with van der Waals surface area (Å²) < 4.78 is 0. The Morgan fingerprint density at radius 1 is 1.35 bits per heavy atom. The van der Waals surface area contributed by atoms with Crippen LogP contribution in [0.25, 0.3) is 0 Å². The highest BCUT2D eigenvalue weighted by molar-refractivity contribution is 5.92. The molecule has 1 aliphatic carbocycles. The minimum atomic E-state index is 0.0220. The first-order chi connectivity index (χ1) is 9.70. The molecule has 2 N–H and O–H groups in total. The Balaban J connectivity index is 1.64. The first-order valence-electron chi connectivity index (χ1n) is 7.51. The fraction of sp³-hybridized carbons (Fsp3) is 0.562. The Kier molecular flexibility index (Phi) is 5.56. The summed E-state index contributed by atoms with van der Waals surface area (Å²) in [7, 11) is 0. The standard InChI is InChI=1S/C16H25N3O/c1-3-19(14-8-9-14)11-10-17-12-16(20)18-15-7-5-4-6-13(15)2/h4-7,14,17H,3,8-12H2,1-2H3,(H,18,20). The van der Waals surface area contributed by atoms with Gasteiger partial charge >= 0.3 is 0 Å². The van der Waals surface area contributed by atoms with Gasteiger partial charge in [-0.25, -0.2) is 0 Å². The van der Waals surface area contributed by atoms with Crippen molar-refractivity contribution >= 4 is 11.6 Å². The van der Waals surface area contributed by atoms with Gasteiger partial charge in [0.25, 0.3) is 0 Å². The summed E-state index contributed by atoms with van der Waals surface area (Å²) in [6, 6.07) is 8.63. The number of likely N-dealkylation sites (N-methyl/N-ethyl adjacent to an activating group) is 1. The maximum absolute atomic E-state index is 11.8. The molecule has 0 unspecified atom stereocenters. The highest BCUT2D eigenvalue weighted by atomic mass is 16.1. The van der Waals surface area contributed by atoms with Gasteiger partial charge in [0, 0.05) is 24.8 Å². The normalized spacial score (nSPS) is 14.6. The van der Waals surface area contributed by atoms with Crippen LogP contribution >= 0.6 is 0 Å². The maximum atomic E-state index is 11.8. The van der Waals surface area contributed by atoms with E-state index in [2.05, 4.69) is 22.5 Å². The predicted molar refractivity (Wildman–Crippen MR) is 82.9 cm³/mol. The molecule has 1 aromatic rings. The zero-order chi connectivity index (χ0) is 14.4. The van der Waals surface area contributed by atoms with E-state index in [4.69, 9.17) is 0 Å². The van der Waals surface area contributed by atoms with Crippen LogP contribution < -0.4 is 10.6 Å². The van der Waals surface area contributed by atoms with Crippen molar-refractivity contribution in [3.8, 4) is 0 Å². The highest BCUT2D eigenvalue weighted by Crippen LogP contribution is 2.25. The van der Waals surface area contributed by atoms with Gasteiger partial charge in [0.05, 0.1) is 6.54 Å². The molecule has 0 spiro atoms. The third-order valence-electron chi connectivity index (χ3n) is 3.75. The number of anilines is 1. The second kappa shape index (κ2) is 7.41. The molecule has 20 heavy (non-hydrogen) atoms. The molecule has 4 heteroatoms. The molecule has 1 amide bonds. The number of para-hydroxylation sites is 1. The van der Waals surface area contributed by atoms with Crippen molar-refractivity contribution in [3.63, 3.8) is 0 Å². The number of nitrogens with one attached hydrogen (secondary N) is 2. The van der Waals surface area contributed by atoms with Crippen LogP contribution in [0.3, 0.4) is 0 Å². The zero-order valence-electron chi connectivity index (χ0n) is 12.5. The van der Waals surface area contributed by atoms with Crippen molar-refractivity contribution in [3.05, 3.63) is 29.8 Å². The molecule has 4 nitrogen and oxygen atoms in total. The maximum Gasteiger partial charge on any atom is 0.238 e. The Morgan fingerprint density at radius 3 is 2.75 bits per heavy atom. The monoisotopic (exact) mass is 275 g/mol. The van der Waals surface area contributed by atoms with Crippen molar-refractivity contribution < 1.29 is 4.79 Å². The number of aryl methyl sites for hydroxylation is 1. The highest BCUT2D eigenvalue weighted by Gasteiger charge is 2.26. The fourth-order valence-electron chi connectivity index (χ4n) is 2.37. The van der Waals surface area contributed by atoms with Gasteiger partial charge < -0.3 is 10.6 Å². The van der Waals surface area contributed by atoms with Crippen LogP contribution in [0.4, 0.5) is 5.69 Å². The predicted octanol–water partition coefficient (Wildman–Crippen LogP) is 2.01. The molecule has 1 aromatic carbocycles. The largest absolute Gasteiger partial charge is 0.325 e. The lowest BCUT2D eigenvalue weighted by Gasteiger charge is -2.19. The quantitative estimate of drug-likeness (QED) is 0.713. The number of amides is 1. The van der Waals surface area contributed by atoms with E-state index in [-0.39, 0.29) is 5.91 Å². The molecular formula is C16H25N3O. The smallest absolute Gasteiger partial charge is 0.238 e. The van der Waals surface area contributed by atoms with Gasteiger partial charge in [-0.3, -0.25) is 9.69 Å². The molecule has 110 valence electrons. The molecule has 0 radical (unpaired) electrons. The molecule has 0 aliphatic heterocycles. The number of carbonyl (C=O) groups excluding carboxylic acids is 1. The molecule has 0 aromatic heterocycles. The van der Waals surface area contributed by atoms with E-state index in [1.165, 1.54) is 12.8 Å². The summed E-state index contributed by atoms with van der Waals surface area (Å²) in [5.74, 6) is 0.0220. The Labute approximate surface area is 121 Å². The van der Waals surface area contributed by atoms with E-state index in [1.54, 1.807) is 0 Å². The molecule has 2 rings (SSSR count). The van der Waals surface area contributed by atoms with E-state index < -0.39 is 0 Å². The summed E-state index contributed by atoms with van der Waals surface area (Å²) >= 11 is 0. The van der Waals surface area contributed by atoms with Crippen LogP contribution in [0.1, 0.15) is 25.3 Å². The van der Waals surface area contributed by atoms with Crippen molar-refractivity contribution in [2.45, 2.75) is 32.7 Å². The van der Waals surface area contributed by atoms with Crippen LogP contribution in [0, 0.1) is 6.92 Å². The summed E-state index contributed by atoms with van der Waals surface area (Å²) in [5, 5.41) is 6.15. The van der Waals surface area contributed by atoms with Crippen LogP contribution in [0.2, 0.25) is 0 Å². The molecule has 0 atom stereocenters. The van der Waals surface area contributed by atoms with Crippen molar-refractivity contribution in [2.24, 2.45) is 0 Å². The summed E-state index contributed by atoms with van der Waals surface area (Å²) in [4.78, 5) is 14.3. The van der Waals surface area contributed by atoms with Gasteiger partial charge in [-0.15, -0.1) is 0 Å². The van der Waals surface area contributed by atoms with Crippen LogP contribution in [-0.2, 0) is 4.79 Å². The topological polar surface area (TPSA) is 44.4 Å². The Hall–Kier alpha value is -1.39. The average molecular weight is 275 g/mol. The number of hydrogen-bond acceptors (Lipinski definition) is 3. The first kappa shape index (κ1) is 15.0. The SMILES string of the molecule is CCN(CCNCC(=O)Nc1ccccc1C)C1CC1. The summed E-state index contributed by atoms with van der Waals surface area (Å²) in [6.45, 7) is 7.56. The van der Waals surface area contributed by atoms with Crippen molar-refractivity contribution in [2.75, 3.05) is 31.5 Å². The van der Waals surface area contributed by atoms with Crippen LogP contribution in [-0.4, -0.2) is 43.0 Å². The van der Waals surface area contributed by atoms with Crippen molar-refractivity contribution in [1.82, 2.24) is 10.2 Å². The first-order valence-corrected chi connectivity index (χ1v) is 7.51.